The second-order valence-corrected chi connectivity index (χ2v) is 7.41. The van der Waals surface area contributed by atoms with Gasteiger partial charge in [0.05, 0.1) is 12.0 Å². The van der Waals surface area contributed by atoms with Gasteiger partial charge in [-0.15, -0.1) is 0 Å². The van der Waals surface area contributed by atoms with Gasteiger partial charge in [-0.3, -0.25) is 4.79 Å². The molecule has 3 rings (SSSR count). The summed E-state index contributed by atoms with van der Waals surface area (Å²) >= 11 is 5.87. The van der Waals surface area contributed by atoms with Crippen LogP contribution in [0.1, 0.15) is 24.0 Å². The number of carbonyl (C=O) groups excluding carboxylic acids is 1. The Hall–Kier alpha value is -2.30. The quantitative estimate of drug-likeness (QED) is 0.693. The van der Waals surface area contributed by atoms with E-state index in [-0.39, 0.29) is 29.8 Å². The van der Waals surface area contributed by atoms with Crippen LogP contribution in [0, 0.1) is 0 Å². The first-order valence-electron chi connectivity index (χ1n) is 9.25. The molecule has 2 aromatic rings. The number of halogens is 4. The van der Waals surface area contributed by atoms with Crippen molar-refractivity contribution in [1.82, 2.24) is 9.88 Å². The Morgan fingerprint density at radius 2 is 1.93 bits per heavy atom. The molecule has 1 aromatic carbocycles. The topological polar surface area (TPSA) is 82.9 Å². The van der Waals surface area contributed by atoms with Crippen molar-refractivity contribution in [2.24, 2.45) is 0 Å². The molecular formula is C19H19BClF3N2O4. The van der Waals surface area contributed by atoms with E-state index < -0.39 is 18.9 Å². The van der Waals surface area contributed by atoms with Crippen LogP contribution in [0.25, 0.3) is 0 Å². The van der Waals surface area contributed by atoms with Crippen LogP contribution in [0.4, 0.5) is 13.2 Å². The third-order valence-corrected chi connectivity index (χ3v) is 5.11. The van der Waals surface area contributed by atoms with Crippen LogP contribution in [0.3, 0.4) is 0 Å². The lowest BCUT2D eigenvalue weighted by Crippen LogP contribution is -2.43. The van der Waals surface area contributed by atoms with E-state index in [4.69, 9.17) is 16.3 Å². The van der Waals surface area contributed by atoms with E-state index in [1.54, 1.807) is 17.0 Å². The molecule has 11 heteroatoms. The number of hydrogen-bond donors (Lipinski definition) is 2. The van der Waals surface area contributed by atoms with Crippen molar-refractivity contribution < 1.29 is 32.8 Å². The van der Waals surface area contributed by atoms with Gasteiger partial charge in [-0.25, -0.2) is 4.98 Å². The van der Waals surface area contributed by atoms with Crippen molar-refractivity contribution in [3.8, 4) is 5.88 Å². The van der Waals surface area contributed by atoms with Crippen LogP contribution in [-0.2, 0) is 17.4 Å². The number of amides is 1. The minimum absolute atomic E-state index is 0.00386. The summed E-state index contributed by atoms with van der Waals surface area (Å²) in [4.78, 5) is 17.9. The lowest BCUT2D eigenvalue weighted by Gasteiger charge is -2.32. The van der Waals surface area contributed by atoms with Crippen molar-refractivity contribution in [3.05, 3.63) is 52.7 Å². The van der Waals surface area contributed by atoms with Crippen LogP contribution < -0.4 is 10.2 Å². The number of likely N-dealkylation sites (tertiary alicyclic amines) is 1. The van der Waals surface area contributed by atoms with Crippen LogP contribution in [-0.4, -0.2) is 52.2 Å². The summed E-state index contributed by atoms with van der Waals surface area (Å²) in [5.41, 5.74) is -0.181. The predicted octanol–water partition coefficient (Wildman–Crippen LogP) is 2.05. The summed E-state index contributed by atoms with van der Waals surface area (Å²) in [6, 6.07) is 6.67. The van der Waals surface area contributed by atoms with Gasteiger partial charge in [-0.05, 0) is 29.2 Å². The average Bonchev–Trinajstić information content (AvgIpc) is 2.69. The molecule has 1 aromatic heterocycles. The Bertz CT molecular complexity index is 888. The standard InChI is InChI=1S/C19H19BClF3N2O4/c21-14-3-1-12(16(10-14)20(28)29)9-18(27)26-7-5-15(6-8-26)30-17-4-2-13(11-25-17)19(22,23)24/h1-4,10-11,15,28-29H,5-9H2. The fourth-order valence-corrected chi connectivity index (χ4v) is 3.43. The molecule has 2 N–H and O–H groups in total. The van der Waals surface area contributed by atoms with Gasteiger partial charge in [0, 0.05) is 43.2 Å². The largest absolute Gasteiger partial charge is 0.488 e. The Kier molecular flexibility index (Phi) is 6.89. The smallest absolute Gasteiger partial charge is 0.474 e. The second-order valence-electron chi connectivity index (χ2n) is 6.97. The van der Waals surface area contributed by atoms with Crippen molar-refractivity contribution in [3.63, 3.8) is 0 Å². The Morgan fingerprint density at radius 3 is 2.50 bits per heavy atom. The zero-order valence-corrected chi connectivity index (χ0v) is 16.5. The van der Waals surface area contributed by atoms with Crippen LogP contribution in [0.15, 0.2) is 36.5 Å². The lowest BCUT2D eigenvalue weighted by atomic mass is 9.76. The molecule has 0 aliphatic carbocycles. The number of nitrogens with zero attached hydrogens (tertiary/aromatic N) is 2. The maximum Gasteiger partial charge on any atom is 0.488 e. The van der Waals surface area contributed by atoms with Crippen LogP contribution in [0.5, 0.6) is 5.88 Å². The molecule has 0 saturated carbocycles. The van der Waals surface area contributed by atoms with Crippen molar-refractivity contribution in [2.45, 2.75) is 31.5 Å². The van der Waals surface area contributed by atoms with E-state index in [0.717, 1.165) is 12.3 Å². The molecule has 0 bridgehead atoms. The third kappa shape index (κ3) is 5.65. The van der Waals surface area contributed by atoms with Gasteiger partial charge in [0.1, 0.15) is 6.10 Å². The molecule has 1 amide bonds. The molecule has 1 aliphatic rings. The molecule has 1 saturated heterocycles. The molecular weight excluding hydrogens is 423 g/mol. The molecule has 1 fully saturated rings. The number of pyridine rings is 1. The molecule has 1 aliphatic heterocycles. The van der Waals surface area contributed by atoms with Crippen LogP contribution in [0.2, 0.25) is 5.02 Å². The van der Waals surface area contributed by atoms with E-state index in [1.807, 2.05) is 0 Å². The monoisotopic (exact) mass is 442 g/mol. The number of benzene rings is 1. The lowest BCUT2D eigenvalue weighted by molar-refractivity contribution is -0.137. The van der Waals surface area contributed by atoms with E-state index in [0.29, 0.717) is 36.5 Å². The highest BCUT2D eigenvalue weighted by Gasteiger charge is 2.31. The summed E-state index contributed by atoms with van der Waals surface area (Å²) in [7, 11) is -1.73. The molecule has 0 spiro atoms. The molecule has 0 atom stereocenters. The van der Waals surface area contributed by atoms with Gasteiger partial charge in [-0.1, -0.05) is 17.7 Å². The Balaban J connectivity index is 1.54. The fourth-order valence-electron chi connectivity index (χ4n) is 3.25. The van der Waals surface area contributed by atoms with Gasteiger partial charge >= 0.3 is 13.3 Å². The number of aromatic nitrogens is 1. The number of rotatable bonds is 5. The first-order chi connectivity index (χ1) is 14.1. The Labute approximate surface area is 176 Å². The summed E-state index contributed by atoms with van der Waals surface area (Å²) in [5, 5.41) is 19.3. The highest BCUT2D eigenvalue weighted by molar-refractivity contribution is 6.59. The van der Waals surface area contributed by atoms with Crippen molar-refractivity contribution >= 4 is 30.1 Å². The first kappa shape index (κ1) is 22.4. The zero-order chi connectivity index (χ0) is 21.9. The number of ether oxygens (including phenoxy) is 1. The first-order valence-corrected chi connectivity index (χ1v) is 9.63. The van der Waals surface area contributed by atoms with E-state index in [2.05, 4.69) is 4.98 Å². The van der Waals surface area contributed by atoms with Crippen LogP contribution >= 0.6 is 11.6 Å². The predicted molar refractivity (Wildman–Crippen MR) is 104 cm³/mol. The van der Waals surface area contributed by atoms with Gasteiger partial charge in [0.25, 0.3) is 0 Å². The molecule has 6 nitrogen and oxygen atoms in total. The molecule has 2 heterocycles. The summed E-state index contributed by atoms with van der Waals surface area (Å²) in [6.07, 6.45) is -2.98. The summed E-state index contributed by atoms with van der Waals surface area (Å²) < 4.78 is 43.4. The second kappa shape index (κ2) is 9.24. The number of hydrogen-bond acceptors (Lipinski definition) is 5. The molecule has 160 valence electrons. The number of carbonyl (C=O) groups is 1. The maximum absolute atomic E-state index is 12.6. The average molecular weight is 443 g/mol. The third-order valence-electron chi connectivity index (χ3n) is 4.87. The van der Waals surface area contributed by atoms with Gasteiger partial charge in [0.2, 0.25) is 11.8 Å². The SMILES string of the molecule is O=C(Cc1ccc(Cl)cc1B(O)O)N1CCC(Oc2ccc(C(F)(F)F)cn2)CC1. The summed E-state index contributed by atoms with van der Waals surface area (Å²) in [5.74, 6) is -0.0687. The summed E-state index contributed by atoms with van der Waals surface area (Å²) in [6.45, 7) is 0.823. The zero-order valence-electron chi connectivity index (χ0n) is 15.8. The minimum Gasteiger partial charge on any atom is -0.474 e. The van der Waals surface area contributed by atoms with Crippen molar-refractivity contribution in [2.75, 3.05) is 13.1 Å². The highest BCUT2D eigenvalue weighted by Crippen LogP contribution is 2.29. The molecule has 0 unspecified atom stereocenters. The minimum atomic E-state index is -4.45. The highest BCUT2D eigenvalue weighted by atomic mass is 35.5. The molecule has 0 radical (unpaired) electrons. The normalized spacial score (nSPS) is 15.2. The maximum atomic E-state index is 12.6. The van der Waals surface area contributed by atoms with Gasteiger partial charge in [-0.2, -0.15) is 13.2 Å². The number of piperidine rings is 1. The van der Waals surface area contributed by atoms with Crippen molar-refractivity contribution in [1.29, 1.82) is 0 Å². The van der Waals surface area contributed by atoms with Gasteiger partial charge < -0.3 is 19.7 Å². The fraction of sp³-hybridized carbons (Fsp3) is 0.368. The number of alkyl halides is 3. The van der Waals surface area contributed by atoms with E-state index in [9.17, 15) is 28.0 Å². The Morgan fingerprint density at radius 1 is 1.23 bits per heavy atom. The molecule has 30 heavy (non-hydrogen) atoms. The van der Waals surface area contributed by atoms with E-state index >= 15 is 0 Å². The van der Waals surface area contributed by atoms with Gasteiger partial charge in [0.15, 0.2) is 0 Å². The van der Waals surface area contributed by atoms with E-state index in [1.165, 1.54) is 12.1 Å².